The number of benzene rings is 2. The van der Waals surface area contributed by atoms with Crippen LogP contribution in [0, 0.1) is 6.92 Å². The van der Waals surface area contributed by atoms with Gasteiger partial charge in [-0.3, -0.25) is 9.59 Å². The zero-order chi connectivity index (χ0) is 20.5. The Morgan fingerprint density at radius 1 is 1.04 bits per heavy atom. The molecule has 0 aliphatic carbocycles. The molecule has 2 aromatic rings. The van der Waals surface area contributed by atoms with E-state index >= 15 is 0 Å². The van der Waals surface area contributed by atoms with Crippen molar-refractivity contribution in [3.8, 4) is 0 Å². The summed E-state index contributed by atoms with van der Waals surface area (Å²) in [4.78, 5) is 28.4. The molecule has 5 heteroatoms. The summed E-state index contributed by atoms with van der Waals surface area (Å²) in [6.07, 6.45) is 0.855. The minimum absolute atomic E-state index is 0.0405. The monoisotopic (exact) mass is 398 g/mol. The van der Waals surface area contributed by atoms with Gasteiger partial charge in [0.05, 0.1) is 5.75 Å². The normalized spacial score (nSPS) is 12.9. The van der Waals surface area contributed by atoms with E-state index in [1.807, 2.05) is 75.4 Å². The third-order valence-electron chi connectivity index (χ3n) is 4.75. The molecule has 2 aromatic carbocycles. The first-order chi connectivity index (χ1) is 13.4. The quantitative estimate of drug-likeness (QED) is 0.636. The van der Waals surface area contributed by atoms with Gasteiger partial charge in [0.2, 0.25) is 11.8 Å². The molecule has 0 bridgehead atoms. The lowest BCUT2D eigenvalue weighted by Gasteiger charge is -2.29. The van der Waals surface area contributed by atoms with Gasteiger partial charge < -0.3 is 10.2 Å². The lowest BCUT2D eigenvalue weighted by Crippen LogP contribution is -2.50. The van der Waals surface area contributed by atoms with Gasteiger partial charge in [-0.1, -0.05) is 55.0 Å². The van der Waals surface area contributed by atoms with Crippen molar-refractivity contribution in [2.75, 3.05) is 5.75 Å². The molecule has 2 atom stereocenters. The highest BCUT2D eigenvalue weighted by Crippen LogP contribution is 2.19. The first-order valence-electron chi connectivity index (χ1n) is 9.74. The molecule has 150 valence electrons. The molecule has 0 aromatic heterocycles. The summed E-state index contributed by atoms with van der Waals surface area (Å²) in [5.41, 5.74) is 2.19. The van der Waals surface area contributed by atoms with Crippen LogP contribution in [0.15, 0.2) is 59.5 Å². The molecule has 0 saturated heterocycles. The van der Waals surface area contributed by atoms with Crippen molar-refractivity contribution < 1.29 is 9.59 Å². The molecular weight excluding hydrogens is 368 g/mol. The predicted octanol–water partition coefficient (Wildman–Crippen LogP) is 4.42. The third kappa shape index (κ3) is 6.71. The molecule has 0 radical (unpaired) electrons. The van der Waals surface area contributed by atoms with Crippen LogP contribution in [0.4, 0.5) is 0 Å². The van der Waals surface area contributed by atoms with Crippen LogP contribution in [-0.2, 0) is 16.1 Å². The van der Waals surface area contributed by atoms with Gasteiger partial charge in [-0.15, -0.1) is 11.8 Å². The van der Waals surface area contributed by atoms with E-state index in [-0.39, 0.29) is 17.9 Å². The molecule has 0 unspecified atom stereocenters. The van der Waals surface area contributed by atoms with Crippen LogP contribution in [0.5, 0.6) is 0 Å². The largest absolute Gasteiger partial charge is 0.352 e. The molecular formula is C23H30N2O2S. The Morgan fingerprint density at radius 2 is 1.68 bits per heavy atom. The summed E-state index contributed by atoms with van der Waals surface area (Å²) in [6, 6.07) is 17.5. The van der Waals surface area contributed by atoms with Crippen LogP contribution in [0.3, 0.4) is 0 Å². The highest BCUT2D eigenvalue weighted by Gasteiger charge is 2.26. The van der Waals surface area contributed by atoms with E-state index in [4.69, 9.17) is 0 Å². The minimum Gasteiger partial charge on any atom is -0.352 e. The maximum Gasteiger partial charge on any atom is 0.242 e. The lowest BCUT2D eigenvalue weighted by molar-refractivity contribution is -0.138. The number of hydrogen-bond donors (Lipinski definition) is 1. The van der Waals surface area contributed by atoms with Gasteiger partial charge in [0.15, 0.2) is 0 Å². The van der Waals surface area contributed by atoms with Gasteiger partial charge in [0.1, 0.15) is 6.04 Å². The molecule has 0 spiro atoms. The van der Waals surface area contributed by atoms with Crippen LogP contribution in [-0.4, -0.2) is 34.6 Å². The van der Waals surface area contributed by atoms with E-state index in [9.17, 15) is 9.59 Å². The molecule has 0 aliphatic heterocycles. The summed E-state index contributed by atoms with van der Waals surface area (Å²) < 4.78 is 0. The van der Waals surface area contributed by atoms with E-state index in [2.05, 4.69) is 5.32 Å². The minimum atomic E-state index is -0.529. The Balaban J connectivity index is 2.12. The van der Waals surface area contributed by atoms with Crippen molar-refractivity contribution in [2.24, 2.45) is 0 Å². The number of rotatable bonds is 9. The van der Waals surface area contributed by atoms with E-state index in [0.717, 1.165) is 16.9 Å². The number of carbonyl (C=O) groups is 2. The van der Waals surface area contributed by atoms with Crippen LogP contribution in [0.1, 0.15) is 38.3 Å². The number of nitrogens with one attached hydrogen (secondary N) is 1. The van der Waals surface area contributed by atoms with Crippen LogP contribution in [0.2, 0.25) is 0 Å². The second-order valence-electron chi connectivity index (χ2n) is 7.10. The fourth-order valence-corrected chi connectivity index (χ4v) is 3.49. The van der Waals surface area contributed by atoms with Crippen LogP contribution in [0.25, 0.3) is 0 Å². The smallest absolute Gasteiger partial charge is 0.242 e. The molecule has 2 rings (SSSR count). The van der Waals surface area contributed by atoms with E-state index in [1.54, 1.807) is 11.8 Å². The molecule has 2 amide bonds. The second kappa shape index (κ2) is 10.9. The molecule has 1 N–H and O–H groups in total. The average molecular weight is 399 g/mol. The molecule has 4 nitrogen and oxygen atoms in total. The van der Waals surface area contributed by atoms with Crippen LogP contribution >= 0.6 is 11.8 Å². The van der Waals surface area contributed by atoms with E-state index in [0.29, 0.717) is 12.3 Å². The molecule has 28 heavy (non-hydrogen) atoms. The fourth-order valence-electron chi connectivity index (χ4n) is 2.68. The van der Waals surface area contributed by atoms with Gasteiger partial charge >= 0.3 is 0 Å². The van der Waals surface area contributed by atoms with Gasteiger partial charge in [0.25, 0.3) is 0 Å². The van der Waals surface area contributed by atoms with Gasteiger partial charge in [-0.2, -0.15) is 0 Å². The summed E-state index contributed by atoms with van der Waals surface area (Å²) in [5, 5.41) is 2.99. The summed E-state index contributed by atoms with van der Waals surface area (Å²) >= 11 is 1.49. The number of thioether (sulfide) groups is 1. The number of aryl methyl sites for hydroxylation is 1. The SMILES string of the molecule is CC[C@H](C)NC(=O)[C@H](C)N(Cc1ccc(C)cc1)C(=O)CSc1ccccc1. The summed E-state index contributed by atoms with van der Waals surface area (Å²) in [5.74, 6) is 0.150. The first-order valence-corrected chi connectivity index (χ1v) is 10.7. The van der Waals surface area contributed by atoms with Crippen molar-refractivity contribution in [1.82, 2.24) is 10.2 Å². The van der Waals surface area contributed by atoms with E-state index < -0.39 is 6.04 Å². The summed E-state index contributed by atoms with van der Waals surface area (Å²) in [6.45, 7) is 8.26. The Hall–Kier alpha value is -2.27. The van der Waals surface area contributed by atoms with Gasteiger partial charge in [0, 0.05) is 17.5 Å². The first kappa shape index (κ1) is 22.0. The van der Waals surface area contributed by atoms with Crippen molar-refractivity contribution in [1.29, 1.82) is 0 Å². The van der Waals surface area contributed by atoms with E-state index in [1.165, 1.54) is 17.3 Å². The zero-order valence-electron chi connectivity index (χ0n) is 17.1. The molecule has 0 fully saturated rings. The molecule has 0 heterocycles. The molecule has 0 saturated carbocycles. The number of hydrogen-bond acceptors (Lipinski definition) is 3. The highest BCUT2D eigenvalue weighted by atomic mass is 32.2. The Labute approximate surface area is 172 Å². The average Bonchev–Trinajstić information content (AvgIpc) is 2.71. The van der Waals surface area contributed by atoms with Crippen molar-refractivity contribution >= 4 is 23.6 Å². The summed E-state index contributed by atoms with van der Waals surface area (Å²) in [7, 11) is 0. The second-order valence-corrected chi connectivity index (χ2v) is 8.15. The Kier molecular flexibility index (Phi) is 8.58. The Morgan fingerprint density at radius 3 is 2.29 bits per heavy atom. The third-order valence-corrected chi connectivity index (χ3v) is 5.74. The number of nitrogens with zero attached hydrogens (tertiary/aromatic N) is 1. The van der Waals surface area contributed by atoms with Crippen molar-refractivity contribution in [3.63, 3.8) is 0 Å². The highest BCUT2D eigenvalue weighted by molar-refractivity contribution is 8.00. The van der Waals surface area contributed by atoms with Gasteiger partial charge in [-0.05, 0) is 44.9 Å². The number of carbonyl (C=O) groups excluding carboxylic acids is 2. The zero-order valence-corrected chi connectivity index (χ0v) is 18.0. The topological polar surface area (TPSA) is 49.4 Å². The number of amides is 2. The maximum absolute atomic E-state index is 13.0. The standard InChI is InChI=1S/C23H30N2O2S/c1-5-18(3)24-23(27)19(4)25(15-20-13-11-17(2)12-14-20)22(26)16-28-21-9-7-6-8-10-21/h6-14,18-19H,5,15-16H2,1-4H3,(H,24,27)/t18-,19-/m0/s1. The predicted molar refractivity (Wildman–Crippen MR) is 116 cm³/mol. The Bertz CT molecular complexity index is 762. The van der Waals surface area contributed by atoms with Crippen molar-refractivity contribution in [3.05, 3.63) is 65.7 Å². The van der Waals surface area contributed by atoms with Crippen LogP contribution < -0.4 is 5.32 Å². The van der Waals surface area contributed by atoms with Gasteiger partial charge in [-0.25, -0.2) is 0 Å². The lowest BCUT2D eigenvalue weighted by atomic mass is 10.1. The fraction of sp³-hybridized carbons (Fsp3) is 0.391. The molecule has 0 aliphatic rings. The maximum atomic E-state index is 13.0. The van der Waals surface area contributed by atoms with Crippen molar-refractivity contribution in [2.45, 2.75) is 57.6 Å².